The number of methoxy groups -OCH3 is 2. The largest absolute Gasteiger partial charge is 0.497 e. The highest BCUT2D eigenvalue weighted by molar-refractivity contribution is 6.04. The third kappa shape index (κ3) is 3.48. The number of ether oxygens (including phenoxy) is 2. The maximum atomic E-state index is 11.8. The highest BCUT2D eigenvalue weighted by Gasteiger charge is 2.28. The Morgan fingerprint density at radius 1 is 1.50 bits per heavy atom. The summed E-state index contributed by atoms with van der Waals surface area (Å²) in [6.07, 6.45) is -0.125. The second-order valence-electron chi connectivity index (χ2n) is 4.35. The van der Waals surface area contributed by atoms with Gasteiger partial charge in [0.2, 0.25) is 6.10 Å². The molecule has 6 nitrogen and oxygen atoms in total. The number of nitrogens with one attached hydrogen (secondary N) is 1. The maximum Gasteiger partial charge on any atom is 0.264 e. The molecule has 1 aromatic rings. The van der Waals surface area contributed by atoms with E-state index in [-0.39, 0.29) is 5.91 Å². The van der Waals surface area contributed by atoms with Gasteiger partial charge in [-0.15, -0.1) is 0 Å². The van der Waals surface area contributed by atoms with Gasteiger partial charge < -0.3 is 19.6 Å². The third-order valence-corrected chi connectivity index (χ3v) is 2.97. The van der Waals surface area contributed by atoms with E-state index in [0.717, 1.165) is 17.0 Å². The van der Waals surface area contributed by atoms with E-state index in [1.165, 1.54) is 0 Å². The Labute approximate surface area is 117 Å². The Morgan fingerprint density at radius 2 is 2.35 bits per heavy atom. The monoisotopic (exact) mass is 278 g/mol. The fourth-order valence-corrected chi connectivity index (χ4v) is 1.88. The average molecular weight is 278 g/mol. The minimum Gasteiger partial charge on any atom is -0.497 e. The van der Waals surface area contributed by atoms with E-state index in [0.29, 0.717) is 19.6 Å². The van der Waals surface area contributed by atoms with Crippen LogP contribution in [0, 0.1) is 0 Å². The Bertz CT molecular complexity index is 502. The summed E-state index contributed by atoms with van der Waals surface area (Å²) in [6, 6.07) is 7.51. The first kappa shape index (κ1) is 14.3. The van der Waals surface area contributed by atoms with Crippen molar-refractivity contribution in [2.24, 2.45) is 5.16 Å². The van der Waals surface area contributed by atoms with Gasteiger partial charge in [-0.3, -0.25) is 4.79 Å². The van der Waals surface area contributed by atoms with Crippen LogP contribution in [0.1, 0.15) is 12.0 Å². The number of oxime groups is 1. The van der Waals surface area contributed by atoms with Gasteiger partial charge in [-0.25, -0.2) is 0 Å². The molecule has 1 atom stereocenters. The molecule has 0 aromatic heterocycles. The van der Waals surface area contributed by atoms with Crippen LogP contribution in [0.15, 0.2) is 29.4 Å². The van der Waals surface area contributed by atoms with Gasteiger partial charge in [0.05, 0.1) is 19.4 Å². The van der Waals surface area contributed by atoms with E-state index in [1.807, 2.05) is 24.3 Å². The number of amides is 1. The summed E-state index contributed by atoms with van der Waals surface area (Å²) in [5.74, 6) is 0.571. The number of nitrogens with zero attached hydrogens (tertiary/aromatic N) is 1. The zero-order valence-electron chi connectivity index (χ0n) is 11.6. The number of hydrogen-bond donors (Lipinski definition) is 1. The van der Waals surface area contributed by atoms with Gasteiger partial charge in [0.25, 0.3) is 5.91 Å². The molecule has 1 amide bonds. The van der Waals surface area contributed by atoms with Crippen molar-refractivity contribution in [3.63, 3.8) is 0 Å². The molecule has 0 aliphatic carbocycles. The molecule has 108 valence electrons. The van der Waals surface area contributed by atoms with Crippen LogP contribution >= 0.6 is 0 Å². The van der Waals surface area contributed by atoms with E-state index >= 15 is 0 Å². The molecule has 0 spiro atoms. The van der Waals surface area contributed by atoms with Crippen molar-refractivity contribution in [2.45, 2.75) is 12.5 Å². The molecule has 0 bridgehead atoms. The zero-order valence-corrected chi connectivity index (χ0v) is 11.6. The molecule has 0 radical (unpaired) electrons. The molecule has 0 fully saturated rings. The van der Waals surface area contributed by atoms with Crippen LogP contribution in [-0.4, -0.2) is 45.1 Å². The molecular formula is C14H18N2O4. The second kappa shape index (κ2) is 6.91. The molecule has 0 saturated carbocycles. The molecule has 1 aliphatic rings. The Hall–Kier alpha value is -2.08. The molecule has 0 saturated heterocycles. The molecule has 1 N–H and O–H groups in total. The van der Waals surface area contributed by atoms with Crippen molar-refractivity contribution in [1.29, 1.82) is 0 Å². The van der Waals surface area contributed by atoms with Gasteiger partial charge >= 0.3 is 0 Å². The van der Waals surface area contributed by atoms with Crippen LogP contribution in [0.3, 0.4) is 0 Å². The summed E-state index contributed by atoms with van der Waals surface area (Å²) in [5, 5.41) is 6.71. The predicted molar refractivity (Wildman–Crippen MR) is 73.9 cm³/mol. The lowest BCUT2D eigenvalue weighted by atomic mass is 10.0. The fraction of sp³-hybridized carbons (Fsp3) is 0.429. The quantitative estimate of drug-likeness (QED) is 0.787. The van der Waals surface area contributed by atoms with Gasteiger partial charge in [0.1, 0.15) is 5.75 Å². The van der Waals surface area contributed by atoms with E-state index in [9.17, 15) is 4.79 Å². The third-order valence-electron chi connectivity index (χ3n) is 2.97. The van der Waals surface area contributed by atoms with Crippen molar-refractivity contribution in [2.75, 3.05) is 27.4 Å². The van der Waals surface area contributed by atoms with E-state index in [4.69, 9.17) is 14.3 Å². The van der Waals surface area contributed by atoms with Gasteiger partial charge in [-0.1, -0.05) is 17.3 Å². The zero-order chi connectivity index (χ0) is 14.4. The SMILES string of the molecule is COCCNC(=O)[C@@H]1CC(c2cccc(OC)c2)=NO1. The van der Waals surface area contributed by atoms with Crippen LogP contribution in [0.4, 0.5) is 0 Å². The van der Waals surface area contributed by atoms with Crippen molar-refractivity contribution in [3.05, 3.63) is 29.8 Å². The molecule has 1 aliphatic heterocycles. The molecule has 0 unspecified atom stereocenters. The van der Waals surface area contributed by atoms with Crippen LogP contribution in [0.25, 0.3) is 0 Å². The van der Waals surface area contributed by atoms with E-state index in [2.05, 4.69) is 10.5 Å². The summed E-state index contributed by atoms with van der Waals surface area (Å²) in [7, 11) is 3.19. The topological polar surface area (TPSA) is 69.2 Å². The molecular weight excluding hydrogens is 260 g/mol. The highest BCUT2D eigenvalue weighted by atomic mass is 16.6. The standard InChI is InChI=1S/C14H18N2O4/c1-18-7-6-15-14(17)13-9-12(16-20-13)10-4-3-5-11(8-10)19-2/h3-5,8,13H,6-7,9H2,1-2H3,(H,15,17)/t13-/m0/s1. The Kier molecular flexibility index (Phi) is 4.95. The van der Waals surface area contributed by atoms with Crippen molar-refractivity contribution in [1.82, 2.24) is 5.32 Å². The number of rotatable bonds is 6. The minimum atomic E-state index is -0.576. The smallest absolute Gasteiger partial charge is 0.264 e. The summed E-state index contributed by atoms with van der Waals surface area (Å²) in [4.78, 5) is 17.0. The lowest BCUT2D eigenvalue weighted by Gasteiger charge is -2.08. The van der Waals surface area contributed by atoms with Gasteiger partial charge in [0, 0.05) is 25.6 Å². The summed E-state index contributed by atoms with van der Waals surface area (Å²) < 4.78 is 10.0. The first-order chi connectivity index (χ1) is 9.74. The first-order valence-corrected chi connectivity index (χ1v) is 6.38. The number of benzene rings is 1. The molecule has 1 heterocycles. The lowest BCUT2D eigenvalue weighted by Crippen LogP contribution is -2.36. The Balaban J connectivity index is 1.92. The second-order valence-corrected chi connectivity index (χ2v) is 4.35. The predicted octanol–water partition coefficient (Wildman–Crippen LogP) is 0.951. The van der Waals surface area contributed by atoms with Crippen LogP contribution in [0.5, 0.6) is 5.75 Å². The van der Waals surface area contributed by atoms with Crippen molar-refractivity contribution in [3.8, 4) is 5.75 Å². The number of carbonyl (C=O) groups is 1. The lowest BCUT2D eigenvalue weighted by molar-refractivity contribution is -0.131. The average Bonchev–Trinajstić information content (AvgIpc) is 2.97. The van der Waals surface area contributed by atoms with Crippen LogP contribution in [-0.2, 0) is 14.4 Å². The van der Waals surface area contributed by atoms with Crippen LogP contribution in [0.2, 0.25) is 0 Å². The normalized spacial score (nSPS) is 17.3. The summed E-state index contributed by atoms with van der Waals surface area (Å²) in [5.41, 5.74) is 1.65. The van der Waals surface area contributed by atoms with Crippen molar-refractivity contribution >= 4 is 11.6 Å². The maximum absolute atomic E-state index is 11.8. The van der Waals surface area contributed by atoms with Gasteiger partial charge in [-0.05, 0) is 12.1 Å². The van der Waals surface area contributed by atoms with Crippen LogP contribution < -0.4 is 10.1 Å². The molecule has 6 heteroatoms. The summed E-state index contributed by atoms with van der Waals surface area (Å²) in [6.45, 7) is 0.936. The summed E-state index contributed by atoms with van der Waals surface area (Å²) >= 11 is 0. The first-order valence-electron chi connectivity index (χ1n) is 6.38. The van der Waals surface area contributed by atoms with Crippen molar-refractivity contribution < 1.29 is 19.1 Å². The van der Waals surface area contributed by atoms with E-state index < -0.39 is 6.10 Å². The minimum absolute atomic E-state index is 0.177. The highest BCUT2D eigenvalue weighted by Crippen LogP contribution is 2.20. The molecule has 1 aromatic carbocycles. The Morgan fingerprint density at radius 3 is 3.10 bits per heavy atom. The van der Waals surface area contributed by atoms with Gasteiger partial charge in [0.15, 0.2) is 0 Å². The fourth-order valence-electron chi connectivity index (χ4n) is 1.88. The van der Waals surface area contributed by atoms with Gasteiger partial charge in [-0.2, -0.15) is 0 Å². The number of carbonyl (C=O) groups excluding carboxylic acids is 1. The number of hydrogen-bond acceptors (Lipinski definition) is 5. The molecule has 20 heavy (non-hydrogen) atoms. The van der Waals surface area contributed by atoms with E-state index in [1.54, 1.807) is 14.2 Å². The molecule has 2 rings (SSSR count).